The van der Waals surface area contributed by atoms with E-state index in [2.05, 4.69) is 17.1 Å². The molecule has 0 saturated heterocycles. The summed E-state index contributed by atoms with van der Waals surface area (Å²) in [6.45, 7) is 2.06. The highest BCUT2D eigenvalue weighted by Crippen LogP contribution is 2.28. The Kier molecular flexibility index (Phi) is 6.31. The van der Waals surface area contributed by atoms with Gasteiger partial charge in [-0.25, -0.2) is 8.78 Å². The van der Waals surface area contributed by atoms with Gasteiger partial charge in [0.05, 0.1) is 21.2 Å². The van der Waals surface area contributed by atoms with E-state index in [0.717, 1.165) is 17.1 Å². The van der Waals surface area contributed by atoms with Crippen LogP contribution in [0.3, 0.4) is 0 Å². The second-order valence-corrected chi connectivity index (χ2v) is 7.65. The van der Waals surface area contributed by atoms with Crippen molar-refractivity contribution < 1.29 is 18.4 Å². The summed E-state index contributed by atoms with van der Waals surface area (Å²) in [5.74, 6) is 0.825. The Morgan fingerprint density at radius 1 is 1.11 bits per heavy atom. The van der Waals surface area contributed by atoms with E-state index in [1.54, 1.807) is 18.2 Å². The van der Waals surface area contributed by atoms with Gasteiger partial charge in [0.25, 0.3) is 0 Å². The van der Waals surface area contributed by atoms with Gasteiger partial charge in [0, 0.05) is 11.4 Å². The average Bonchev–Trinajstić information content (AvgIpc) is 3.10. The van der Waals surface area contributed by atoms with Crippen LogP contribution in [0.1, 0.15) is 24.4 Å². The lowest BCUT2D eigenvalue weighted by molar-refractivity contribution is -0.890. The minimum absolute atomic E-state index is 0.0883. The molecule has 148 valence electrons. The van der Waals surface area contributed by atoms with Crippen molar-refractivity contribution in [2.75, 3.05) is 21.2 Å². The molecule has 3 aromatic rings. The smallest absolute Gasteiger partial charge is 0.196 e. The van der Waals surface area contributed by atoms with Crippen LogP contribution in [0.2, 0.25) is 0 Å². The number of hydrogen-bond donors (Lipinski definition) is 1. The Morgan fingerprint density at radius 3 is 2.43 bits per heavy atom. The number of methoxy groups -OCH3 is 1. The standard InChI is InChI=1S/C20H22F2N4OS/c1-13(25(2)3)19-23-24-20(26(19)16-8-6-15(21)7-9-16)28-12-14-5-10-18(27-4)17(22)11-14/h5-11,13H,12H2,1-4H3/p+1/t13-/m1/s1. The van der Waals surface area contributed by atoms with E-state index < -0.39 is 5.82 Å². The Hall–Kier alpha value is -2.45. The van der Waals surface area contributed by atoms with Gasteiger partial charge in [-0.15, -0.1) is 10.2 Å². The van der Waals surface area contributed by atoms with Gasteiger partial charge in [0.15, 0.2) is 22.5 Å². The van der Waals surface area contributed by atoms with Gasteiger partial charge >= 0.3 is 0 Å². The second-order valence-electron chi connectivity index (χ2n) is 6.71. The predicted octanol–water partition coefficient (Wildman–Crippen LogP) is 3.05. The van der Waals surface area contributed by atoms with Crippen molar-refractivity contribution in [3.63, 3.8) is 0 Å². The molecule has 1 heterocycles. The lowest BCUT2D eigenvalue weighted by Gasteiger charge is -2.18. The van der Waals surface area contributed by atoms with E-state index in [9.17, 15) is 8.78 Å². The molecule has 1 aromatic heterocycles. The van der Waals surface area contributed by atoms with Crippen molar-refractivity contribution in [1.29, 1.82) is 0 Å². The summed E-state index contributed by atoms with van der Waals surface area (Å²) in [6.07, 6.45) is 0. The number of benzene rings is 2. The van der Waals surface area contributed by atoms with Crippen molar-refractivity contribution in [2.45, 2.75) is 23.9 Å². The molecule has 8 heteroatoms. The Bertz CT molecular complexity index is 944. The Labute approximate surface area is 167 Å². The maximum absolute atomic E-state index is 14.0. The number of nitrogens with zero attached hydrogens (tertiary/aromatic N) is 3. The minimum atomic E-state index is -0.397. The third kappa shape index (κ3) is 4.34. The second kappa shape index (κ2) is 8.70. The molecule has 5 nitrogen and oxygen atoms in total. The van der Waals surface area contributed by atoms with Crippen LogP contribution in [-0.4, -0.2) is 36.0 Å². The maximum atomic E-state index is 14.0. The van der Waals surface area contributed by atoms with Gasteiger partial charge < -0.3 is 9.64 Å². The summed E-state index contributed by atoms with van der Waals surface area (Å²) in [7, 11) is 5.52. The fraction of sp³-hybridized carbons (Fsp3) is 0.300. The normalized spacial score (nSPS) is 12.4. The zero-order chi connectivity index (χ0) is 20.3. The lowest BCUT2D eigenvalue weighted by atomic mass is 10.2. The zero-order valence-electron chi connectivity index (χ0n) is 16.2. The number of rotatable bonds is 7. The molecular formula is C20H23F2N4OS+. The molecule has 28 heavy (non-hydrogen) atoms. The van der Waals surface area contributed by atoms with Crippen LogP contribution in [0, 0.1) is 11.6 Å². The van der Waals surface area contributed by atoms with Gasteiger partial charge in [0.1, 0.15) is 11.9 Å². The number of hydrogen-bond acceptors (Lipinski definition) is 4. The van der Waals surface area contributed by atoms with E-state index in [1.807, 2.05) is 24.7 Å². The fourth-order valence-corrected chi connectivity index (χ4v) is 3.60. The molecule has 3 rings (SSSR count). The largest absolute Gasteiger partial charge is 0.494 e. The van der Waals surface area contributed by atoms with Gasteiger partial charge in [-0.3, -0.25) is 4.57 Å². The van der Waals surface area contributed by atoms with Crippen LogP contribution < -0.4 is 9.64 Å². The first kappa shape index (κ1) is 20.3. The number of nitrogens with one attached hydrogen (secondary N) is 1. The molecule has 0 saturated carbocycles. The third-order valence-corrected chi connectivity index (χ3v) is 5.58. The number of thioether (sulfide) groups is 1. The highest BCUT2D eigenvalue weighted by molar-refractivity contribution is 7.98. The SMILES string of the molecule is COc1ccc(CSc2nnc([C@@H](C)[NH+](C)C)n2-c2ccc(F)cc2)cc1F. The Morgan fingerprint density at radius 2 is 1.82 bits per heavy atom. The molecule has 1 atom stereocenters. The predicted molar refractivity (Wildman–Crippen MR) is 105 cm³/mol. The first-order chi connectivity index (χ1) is 13.4. The molecule has 0 radical (unpaired) electrons. The van der Waals surface area contributed by atoms with Crippen LogP contribution in [-0.2, 0) is 5.75 Å². The maximum Gasteiger partial charge on any atom is 0.196 e. The van der Waals surface area contributed by atoms with E-state index in [0.29, 0.717) is 10.9 Å². The van der Waals surface area contributed by atoms with Gasteiger partial charge in [-0.1, -0.05) is 17.8 Å². The first-order valence-corrected chi connectivity index (χ1v) is 9.85. The summed E-state index contributed by atoms with van der Waals surface area (Å²) >= 11 is 1.45. The summed E-state index contributed by atoms with van der Waals surface area (Å²) < 4.78 is 34.2. The number of halogens is 2. The summed E-state index contributed by atoms with van der Waals surface area (Å²) in [5, 5.41) is 9.39. The van der Waals surface area contributed by atoms with E-state index in [-0.39, 0.29) is 17.6 Å². The topological polar surface area (TPSA) is 44.4 Å². The van der Waals surface area contributed by atoms with Crippen LogP contribution >= 0.6 is 11.8 Å². The number of ether oxygens (including phenoxy) is 1. The fourth-order valence-electron chi connectivity index (χ4n) is 2.69. The van der Waals surface area contributed by atoms with E-state index in [1.165, 1.54) is 42.0 Å². The summed E-state index contributed by atoms with van der Waals surface area (Å²) in [5.41, 5.74) is 1.60. The van der Waals surface area contributed by atoms with Crippen molar-refractivity contribution in [3.8, 4) is 11.4 Å². The van der Waals surface area contributed by atoms with Gasteiger partial charge in [-0.05, 0) is 48.9 Å². The van der Waals surface area contributed by atoms with Crippen molar-refractivity contribution in [1.82, 2.24) is 14.8 Å². The zero-order valence-corrected chi connectivity index (χ0v) is 17.1. The van der Waals surface area contributed by atoms with Crippen LogP contribution in [0.15, 0.2) is 47.6 Å². The lowest BCUT2D eigenvalue weighted by Crippen LogP contribution is -3.05. The molecule has 0 amide bonds. The van der Waals surface area contributed by atoms with Gasteiger partial charge in [0.2, 0.25) is 0 Å². The molecule has 0 aliphatic rings. The highest BCUT2D eigenvalue weighted by Gasteiger charge is 2.23. The molecule has 0 aliphatic heterocycles. The monoisotopic (exact) mass is 405 g/mol. The molecule has 1 N–H and O–H groups in total. The van der Waals surface area contributed by atoms with Crippen molar-refractivity contribution >= 4 is 11.8 Å². The summed E-state index contributed by atoms with van der Waals surface area (Å²) in [4.78, 5) is 1.20. The third-order valence-electron chi connectivity index (χ3n) is 4.58. The average molecular weight is 405 g/mol. The van der Waals surface area contributed by atoms with E-state index >= 15 is 0 Å². The molecule has 0 bridgehead atoms. The van der Waals surface area contributed by atoms with E-state index in [4.69, 9.17) is 4.74 Å². The molecule has 2 aromatic carbocycles. The number of aromatic nitrogens is 3. The molecule has 0 fully saturated rings. The van der Waals surface area contributed by atoms with Crippen LogP contribution in [0.5, 0.6) is 5.75 Å². The summed E-state index contributed by atoms with van der Waals surface area (Å²) in [6, 6.07) is 11.2. The Balaban J connectivity index is 1.92. The molecule has 0 spiro atoms. The quantitative estimate of drug-likeness (QED) is 0.614. The highest BCUT2D eigenvalue weighted by atomic mass is 32.2. The van der Waals surface area contributed by atoms with Crippen LogP contribution in [0.25, 0.3) is 5.69 Å². The minimum Gasteiger partial charge on any atom is -0.494 e. The molecular weight excluding hydrogens is 382 g/mol. The first-order valence-electron chi connectivity index (χ1n) is 8.87. The molecule has 0 unspecified atom stereocenters. The van der Waals surface area contributed by atoms with Crippen molar-refractivity contribution in [3.05, 3.63) is 65.5 Å². The molecule has 0 aliphatic carbocycles. The van der Waals surface area contributed by atoms with Gasteiger partial charge in [-0.2, -0.15) is 0 Å². The van der Waals surface area contributed by atoms with Crippen LogP contribution in [0.4, 0.5) is 8.78 Å². The number of quaternary nitrogens is 1. The van der Waals surface area contributed by atoms with Crippen molar-refractivity contribution in [2.24, 2.45) is 0 Å².